The van der Waals surface area contributed by atoms with Gasteiger partial charge in [0.05, 0.1) is 11.4 Å². The lowest BCUT2D eigenvalue weighted by atomic mass is 9.60. The fraction of sp³-hybridized carbons (Fsp3) is 0.0323. The van der Waals surface area contributed by atoms with Gasteiger partial charge >= 0.3 is 0 Å². The minimum absolute atomic E-state index is 0.0693. The van der Waals surface area contributed by atoms with Crippen LogP contribution in [0.5, 0.6) is 0 Å². The maximum absolute atomic E-state index is 5.19. The molecular weight excluding hydrogens is 829 g/mol. The Morgan fingerprint density at radius 3 is 1.22 bits per heavy atom. The van der Waals surface area contributed by atoms with Gasteiger partial charge in [-0.15, -0.1) is 0 Å². The molecule has 3 aliphatic rings. The van der Waals surface area contributed by atoms with Crippen molar-refractivity contribution in [1.29, 1.82) is 0 Å². The molecule has 0 aliphatic heterocycles. The molecule has 0 amide bonds. The molecule has 0 saturated carbocycles. The third-order valence-corrected chi connectivity index (χ3v) is 13.4. The molecule has 0 N–H and O–H groups in total. The van der Waals surface area contributed by atoms with Gasteiger partial charge < -0.3 is 0 Å². The van der Waals surface area contributed by atoms with E-state index in [0.717, 1.165) is 61.5 Å². The Labute approximate surface area is 394 Å². The number of benzene rings is 8. The van der Waals surface area contributed by atoms with E-state index in [9.17, 15) is 0 Å². The quantitative estimate of drug-likeness (QED) is 0.151. The van der Waals surface area contributed by atoms with Gasteiger partial charge in [-0.25, -0.2) is 24.9 Å². The number of rotatable bonds is 8. The summed E-state index contributed by atoms with van der Waals surface area (Å²) in [6.45, 7) is 0. The predicted molar refractivity (Wildman–Crippen MR) is 271 cm³/mol. The van der Waals surface area contributed by atoms with Gasteiger partial charge in [0.2, 0.25) is 0 Å². The zero-order valence-electron chi connectivity index (χ0n) is 36.8. The van der Waals surface area contributed by atoms with Crippen LogP contribution in [0.15, 0.2) is 231 Å². The summed E-state index contributed by atoms with van der Waals surface area (Å²) < 4.78 is 0. The van der Waals surface area contributed by atoms with Gasteiger partial charge in [0.25, 0.3) is 0 Å². The van der Waals surface area contributed by atoms with Crippen LogP contribution >= 0.6 is 0 Å². The number of hydrogen-bond donors (Lipinski definition) is 0. The lowest BCUT2D eigenvalue weighted by Gasteiger charge is -2.42. The number of aromatic nitrogens is 6. The molecule has 0 saturated heterocycles. The molecule has 318 valence electrons. The van der Waals surface area contributed by atoms with E-state index < -0.39 is 0 Å². The molecule has 3 aromatic heterocycles. The van der Waals surface area contributed by atoms with E-state index in [0.29, 0.717) is 23.3 Å². The zero-order chi connectivity index (χ0) is 45.0. The van der Waals surface area contributed by atoms with E-state index in [1.807, 2.05) is 66.9 Å². The van der Waals surface area contributed by atoms with E-state index in [4.69, 9.17) is 24.9 Å². The summed E-state index contributed by atoms with van der Waals surface area (Å²) in [5, 5.41) is 0. The van der Waals surface area contributed by atoms with Crippen LogP contribution in [-0.2, 0) is 0 Å². The van der Waals surface area contributed by atoms with E-state index in [2.05, 4.69) is 163 Å². The van der Waals surface area contributed by atoms with Gasteiger partial charge in [0.1, 0.15) is 0 Å². The maximum atomic E-state index is 5.19. The highest BCUT2D eigenvalue weighted by molar-refractivity contribution is 5.80. The summed E-state index contributed by atoms with van der Waals surface area (Å²) in [7, 11) is 0. The molecule has 6 heteroatoms. The van der Waals surface area contributed by atoms with Gasteiger partial charge in [0.15, 0.2) is 23.3 Å². The van der Waals surface area contributed by atoms with Crippen molar-refractivity contribution >= 4 is 0 Å². The Balaban J connectivity index is 0.880. The Kier molecular flexibility index (Phi) is 9.53. The molecule has 8 aromatic carbocycles. The summed E-state index contributed by atoms with van der Waals surface area (Å²) in [6, 6.07) is 76.9. The van der Waals surface area contributed by atoms with E-state index >= 15 is 0 Å². The predicted octanol–water partition coefficient (Wildman–Crippen LogP) is 14.4. The van der Waals surface area contributed by atoms with Crippen LogP contribution < -0.4 is 0 Å². The van der Waals surface area contributed by atoms with Gasteiger partial charge in [-0.1, -0.05) is 188 Å². The first-order chi connectivity index (χ1) is 33.7. The molecule has 6 nitrogen and oxygen atoms in total. The first kappa shape index (κ1) is 39.4. The normalized spacial score (nSPS) is 14.2. The van der Waals surface area contributed by atoms with Crippen LogP contribution in [0.1, 0.15) is 45.2 Å². The van der Waals surface area contributed by atoms with E-state index in [1.165, 1.54) is 38.9 Å². The van der Waals surface area contributed by atoms with Crippen LogP contribution in [0.4, 0.5) is 0 Å². The summed E-state index contributed by atoms with van der Waals surface area (Å²) in [5.74, 6) is 2.82. The van der Waals surface area contributed by atoms with Crippen LogP contribution in [0.3, 0.4) is 0 Å². The second-order valence-corrected chi connectivity index (χ2v) is 17.4. The van der Waals surface area contributed by atoms with E-state index in [-0.39, 0.29) is 11.8 Å². The summed E-state index contributed by atoms with van der Waals surface area (Å²) in [4.78, 5) is 29.8. The number of hydrogen-bond acceptors (Lipinski definition) is 6. The molecule has 0 fully saturated rings. The van der Waals surface area contributed by atoms with Gasteiger partial charge in [-0.3, -0.25) is 4.98 Å². The number of nitrogens with zero attached hydrogens (tertiary/aromatic N) is 6. The van der Waals surface area contributed by atoms with Crippen molar-refractivity contribution in [2.75, 3.05) is 0 Å². The second-order valence-electron chi connectivity index (χ2n) is 17.4. The number of pyridine rings is 1. The second kappa shape index (κ2) is 16.5. The molecule has 68 heavy (non-hydrogen) atoms. The van der Waals surface area contributed by atoms with Crippen LogP contribution in [0, 0.1) is 0 Å². The fourth-order valence-corrected chi connectivity index (χ4v) is 10.2. The first-order valence-corrected chi connectivity index (χ1v) is 23.0. The first-order valence-electron chi connectivity index (χ1n) is 23.0. The van der Waals surface area contributed by atoms with E-state index in [1.54, 1.807) is 6.20 Å². The van der Waals surface area contributed by atoms with Gasteiger partial charge in [-0.2, -0.15) is 0 Å². The largest absolute Gasteiger partial charge is 0.264 e. The Hall–Kier alpha value is -9.00. The SMILES string of the molecule is c1ccc(-c2nc(-c3ccc(-c4cccnc4)cc3)cc(-c3cccc(-c4ccc5c(c4)C4c6ccccc6C5c5cc(-c6nc(-c7ccccc7)nc(-c7ccccc7)n6)ccc54)c3)n2)cc1. The highest BCUT2D eigenvalue weighted by Crippen LogP contribution is 2.56. The Bertz CT molecular complexity index is 3610. The zero-order valence-corrected chi connectivity index (χ0v) is 36.8. The van der Waals surface area contributed by atoms with Crippen LogP contribution in [0.25, 0.3) is 90.3 Å². The monoisotopic (exact) mass is 868 g/mol. The molecule has 3 heterocycles. The standard InChI is InChI=1S/C62H40N6/c1-4-14-41(15-5-1)59-64-55(40-27-25-39(26-28-40)48-22-13-33-63-38-48)37-56(65-59)46-21-12-20-44(34-46)45-29-31-51-53(35-45)57-49-23-10-11-24-50(49)58(51)54-36-47(30-32-52(54)57)62-67-60(42-16-6-2-7-17-42)66-61(68-62)43-18-8-3-9-19-43/h1-38,57-58H. The van der Waals surface area contributed by atoms with Crippen molar-refractivity contribution in [3.05, 3.63) is 264 Å². The summed E-state index contributed by atoms with van der Waals surface area (Å²) >= 11 is 0. The van der Waals surface area contributed by atoms with Crippen molar-refractivity contribution in [2.45, 2.75) is 11.8 Å². The fourth-order valence-electron chi connectivity index (χ4n) is 10.2. The minimum Gasteiger partial charge on any atom is -0.264 e. The summed E-state index contributed by atoms with van der Waals surface area (Å²) in [6.07, 6.45) is 3.69. The average molecular weight is 869 g/mol. The van der Waals surface area contributed by atoms with Crippen molar-refractivity contribution in [3.8, 4) is 90.3 Å². The van der Waals surface area contributed by atoms with Gasteiger partial charge in [-0.05, 0) is 86.0 Å². The van der Waals surface area contributed by atoms with Crippen molar-refractivity contribution in [1.82, 2.24) is 29.9 Å². The van der Waals surface area contributed by atoms with Crippen LogP contribution in [-0.4, -0.2) is 29.9 Å². The highest BCUT2D eigenvalue weighted by atomic mass is 15.0. The third kappa shape index (κ3) is 6.98. The van der Waals surface area contributed by atoms with Crippen LogP contribution in [0.2, 0.25) is 0 Å². The smallest absolute Gasteiger partial charge is 0.164 e. The molecule has 2 unspecified atom stereocenters. The van der Waals surface area contributed by atoms with Crippen molar-refractivity contribution in [3.63, 3.8) is 0 Å². The lowest BCUT2D eigenvalue weighted by molar-refractivity contribution is 0.755. The minimum atomic E-state index is 0.0693. The van der Waals surface area contributed by atoms with Crippen molar-refractivity contribution < 1.29 is 0 Å². The Morgan fingerprint density at radius 1 is 0.235 bits per heavy atom. The highest BCUT2D eigenvalue weighted by Gasteiger charge is 2.41. The molecular formula is C62H40N6. The molecule has 11 aromatic rings. The Morgan fingerprint density at radius 2 is 0.647 bits per heavy atom. The van der Waals surface area contributed by atoms with Gasteiger partial charge in [0, 0.05) is 57.6 Å². The molecule has 14 rings (SSSR count). The molecule has 0 spiro atoms. The lowest BCUT2D eigenvalue weighted by Crippen LogP contribution is -2.27. The molecule has 2 bridgehead atoms. The maximum Gasteiger partial charge on any atom is 0.164 e. The van der Waals surface area contributed by atoms with Crippen molar-refractivity contribution in [2.24, 2.45) is 0 Å². The third-order valence-electron chi connectivity index (χ3n) is 13.4. The molecule has 0 radical (unpaired) electrons. The average Bonchev–Trinajstić information content (AvgIpc) is 3.43. The topological polar surface area (TPSA) is 77.3 Å². The summed E-state index contributed by atoms with van der Waals surface area (Å²) in [5.41, 5.74) is 20.2. The molecule has 3 aliphatic carbocycles. The molecule has 2 atom stereocenters.